The fraction of sp³-hybridized carbons (Fsp3) is 0.118. The summed E-state index contributed by atoms with van der Waals surface area (Å²) in [5, 5.41) is 0. The summed E-state index contributed by atoms with van der Waals surface area (Å²) < 4.78 is 6.30. The second-order valence-corrected chi connectivity index (χ2v) is 6.08. The lowest BCUT2D eigenvalue weighted by Crippen LogP contribution is -1.93. The fourth-order valence-corrected chi connectivity index (χ4v) is 2.65. The van der Waals surface area contributed by atoms with Gasteiger partial charge in [-0.05, 0) is 54.3 Å². The van der Waals surface area contributed by atoms with Crippen LogP contribution >= 0.6 is 27.7 Å². The highest BCUT2D eigenvalue weighted by Crippen LogP contribution is 2.28. The van der Waals surface area contributed by atoms with Crippen molar-refractivity contribution in [2.45, 2.75) is 4.90 Å². The Kier molecular flexibility index (Phi) is 5.65. The van der Waals surface area contributed by atoms with E-state index in [9.17, 15) is 4.79 Å². The van der Waals surface area contributed by atoms with Crippen molar-refractivity contribution >= 4 is 39.6 Å². The molecule has 0 amide bonds. The molecule has 0 aliphatic rings. The van der Waals surface area contributed by atoms with E-state index in [0.717, 1.165) is 20.7 Å². The Labute approximate surface area is 137 Å². The van der Waals surface area contributed by atoms with Gasteiger partial charge in [0.15, 0.2) is 5.78 Å². The number of halogens is 1. The highest BCUT2D eigenvalue weighted by Gasteiger charge is 2.03. The Morgan fingerprint density at radius 2 is 1.90 bits per heavy atom. The standard InChI is InChI=1S/C17H15BrO2S/c1-20-16-11-12(4-10-17(16)21-2)3-9-15(19)13-5-7-14(18)8-6-13/h3-11H,1-2H3. The van der Waals surface area contributed by atoms with Crippen molar-refractivity contribution in [3.8, 4) is 5.75 Å². The van der Waals surface area contributed by atoms with Crippen LogP contribution in [0.25, 0.3) is 6.08 Å². The number of carbonyl (C=O) groups excluding carboxylic acids is 1. The quantitative estimate of drug-likeness (QED) is 0.421. The highest BCUT2D eigenvalue weighted by molar-refractivity contribution is 9.10. The predicted molar refractivity (Wildman–Crippen MR) is 92.3 cm³/mol. The molecule has 0 bridgehead atoms. The summed E-state index contributed by atoms with van der Waals surface area (Å²) in [6.45, 7) is 0. The van der Waals surface area contributed by atoms with Gasteiger partial charge in [-0.1, -0.05) is 28.1 Å². The Morgan fingerprint density at radius 1 is 1.19 bits per heavy atom. The molecule has 2 nitrogen and oxygen atoms in total. The zero-order valence-corrected chi connectivity index (χ0v) is 14.2. The Morgan fingerprint density at radius 3 is 2.52 bits per heavy atom. The number of methoxy groups -OCH3 is 1. The number of rotatable bonds is 5. The first-order valence-electron chi connectivity index (χ1n) is 6.34. The van der Waals surface area contributed by atoms with Crippen LogP contribution in [-0.4, -0.2) is 19.1 Å². The third kappa shape index (κ3) is 4.22. The molecular formula is C17H15BrO2S. The van der Waals surface area contributed by atoms with Crippen molar-refractivity contribution in [3.05, 3.63) is 64.1 Å². The van der Waals surface area contributed by atoms with E-state index in [1.807, 2.05) is 36.6 Å². The molecule has 0 heterocycles. The van der Waals surface area contributed by atoms with E-state index in [1.54, 1.807) is 43.2 Å². The van der Waals surface area contributed by atoms with Gasteiger partial charge >= 0.3 is 0 Å². The van der Waals surface area contributed by atoms with Crippen molar-refractivity contribution < 1.29 is 9.53 Å². The van der Waals surface area contributed by atoms with Crippen LogP contribution < -0.4 is 4.74 Å². The van der Waals surface area contributed by atoms with Crippen molar-refractivity contribution in [3.63, 3.8) is 0 Å². The van der Waals surface area contributed by atoms with Gasteiger partial charge in [0.25, 0.3) is 0 Å². The van der Waals surface area contributed by atoms with Crippen molar-refractivity contribution in [1.29, 1.82) is 0 Å². The van der Waals surface area contributed by atoms with Crippen LogP contribution in [0.15, 0.2) is 57.9 Å². The van der Waals surface area contributed by atoms with Gasteiger partial charge in [0, 0.05) is 14.9 Å². The first-order valence-corrected chi connectivity index (χ1v) is 8.36. The number of benzene rings is 2. The molecule has 2 aromatic carbocycles. The smallest absolute Gasteiger partial charge is 0.185 e. The molecule has 0 saturated carbocycles. The monoisotopic (exact) mass is 362 g/mol. The van der Waals surface area contributed by atoms with Gasteiger partial charge in [-0.3, -0.25) is 4.79 Å². The maximum atomic E-state index is 12.1. The summed E-state index contributed by atoms with van der Waals surface area (Å²) in [6.07, 6.45) is 5.39. The van der Waals surface area contributed by atoms with E-state index < -0.39 is 0 Å². The Balaban J connectivity index is 2.17. The topological polar surface area (TPSA) is 26.3 Å². The molecular weight excluding hydrogens is 348 g/mol. The Hall–Kier alpha value is -1.52. The maximum Gasteiger partial charge on any atom is 0.185 e. The van der Waals surface area contributed by atoms with Gasteiger partial charge in [-0.25, -0.2) is 0 Å². The predicted octanol–water partition coefficient (Wildman–Crippen LogP) is 5.08. The van der Waals surface area contributed by atoms with E-state index in [2.05, 4.69) is 15.9 Å². The number of allylic oxidation sites excluding steroid dienone is 1. The summed E-state index contributed by atoms with van der Waals surface area (Å²) in [7, 11) is 1.65. The number of ketones is 1. The molecule has 0 saturated heterocycles. The number of thioether (sulfide) groups is 1. The minimum Gasteiger partial charge on any atom is -0.496 e. The second-order valence-electron chi connectivity index (χ2n) is 4.32. The average molecular weight is 363 g/mol. The van der Waals surface area contributed by atoms with Crippen LogP contribution in [0.3, 0.4) is 0 Å². The second kappa shape index (κ2) is 7.48. The van der Waals surface area contributed by atoms with Gasteiger partial charge in [0.2, 0.25) is 0 Å². The molecule has 0 aliphatic heterocycles. The number of hydrogen-bond donors (Lipinski definition) is 0. The van der Waals surface area contributed by atoms with E-state index in [0.29, 0.717) is 5.56 Å². The summed E-state index contributed by atoms with van der Waals surface area (Å²) in [6, 6.07) is 13.2. The Bertz CT molecular complexity index is 663. The molecule has 2 aromatic rings. The first kappa shape index (κ1) is 15.9. The van der Waals surface area contributed by atoms with Gasteiger partial charge in [0.05, 0.1) is 7.11 Å². The van der Waals surface area contributed by atoms with Gasteiger partial charge in [-0.2, -0.15) is 0 Å². The van der Waals surface area contributed by atoms with Crippen LogP contribution in [0, 0.1) is 0 Å². The summed E-state index contributed by atoms with van der Waals surface area (Å²) in [5.41, 5.74) is 1.61. The van der Waals surface area contributed by atoms with Crippen LogP contribution in [0.4, 0.5) is 0 Å². The lowest BCUT2D eigenvalue weighted by Gasteiger charge is -2.06. The summed E-state index contributed by atoms with van der Waals surface area (Å²) in [5.74, 6) is 0.802. The number of hydrogen-bond acceptors (Lipinski definition) is 3. The highest BCUT2D eigenvalue weighted by atomic mass is 79.9. The third-order valence-electron chi connectivity index (χ3n) is 2.96. The van der Waals surface area contributed by atoms with Gasteiger partial charge in [0.1, 0.15) is 5.75 Å². The van der Waals surface area contributed by atoms with E-state index in [-0.39, 0.29) is 5.78 Å². The molecule has 108 valence electrons. The molecule has 0 unspecified atom stereocenters. The normalized spacial score (nSPS) is 10.8. The largest absolute Gasteiger partial charge is 0.496 e. The molecule has 0 aliphatic carbocycles. The van der Waals surface area contributed by atoms with Crippen LogP contribution in [0.2, 0.25) is 0 Å². The molecule has 0 aromatic heterocycles. The van der Waals surface area contributed by atoms with E-state index in [1.165, 1.54) is 0 Å². The lowest BCUT2D eigenvalue weighted by atomic mass is 10.1. The van der Waals surface area contributed by atoms with Crippen molar-refractivity contribution in [2.24, 2.45) is 0 Å². The van der Waals surface area contributed by atoms with Crippen molar-refractivity contribution in [2.75, 3.05) is 13.4 Å². The molecule has 0 N–H and O–H groups in total. The average Bonchev–Trinajstić information content (AvgIpc) is 2.52. The minimum atomic E-state index is -0.0181. The van der Waals surface area contributed by atoms with Gasteiger partial charge in [-0.15, -0.1) is 11.8 Å². The van der Waals surface area contributed by atoms with E-state index in [4.69, 9.17) is 4.74 Å². The van der Waals surface area contributed by atoms with Crippen molar-refractivity contribution in [1.82, 2.24) is 0 Å². The SMILES string of the molecule is COc1cc(C=CC(=O)c2ccc(Br)cc2)ccc1SC. The van der Waals surface area contributed by atoms with E-state index >= 15 is 0 Å². The third-order valence-corrected chi connectivity index (χ3v) is 4.27. The summed E-state index contributed by atoms with van der Waals surface area (Å²) in [4.78, 5) is 13.1. The zero-order chi connectivity index (χ0) is 15.2. The maximum absolute atomic E-state index is 12.1. The molecule has 2 rings (SSSR count). The fourth-order valence-electron chi connectivity index (χ4n) is 1.84. The minimum absolute atomic E-state index is 0.0181. The van der Waals surface area contributed by atoms with Crippen LogP contribution in [0.5, 0.6) is 5.75 Å². The number of ether oxygens (including phenoxy) is 1. The zero-order valence-electron chi connectivity index (χ0n) is 11.8. The summed E-state index contributed by atoms with van der Waals surface area (Å²) >= 11 is 4.99. The first-order chi connectivity index (χ1) is 10.1. The molecule has 21 heavy (non-hydrogen) atoms. The molecule has 0 fully saturated rings. The van der Waals surface area contributed by atoms with Crippen LogP contribution in [-0.2, 0) is 0 Å². The van der Waals surface area contributed by atoms with Crippen LogP contribution in [0.1, 0.15) is 15.9 Å². The molecule has 0 spiro atoms. The number of carbonyl (C=O) groups is 1. The molecule has 4 heteroatoms. The van der Waals surface area contributed by atoms with Gasteiger partial charge < -0.3 is 4.74 Å². The lowest BCUT2D eigenvalue weighted by molar-refractivity contribution is 0.104. The molecule has 0 atom stereocenters. The molecule has 0 radical (unpaired) electrons.